The van der Waals surface area contributed by atoms with E-state index in [1.807, 2.05) is 6.92 Å². The third-order valence-electron chi connectivity index (χ3n) is 4.77. The number of methoxy groups -OCH3 is 1. The summed E-state index contributed by atoms with van der Waals surface area (Å²) in [6, 6.07) is 13.1. The van der Waals surface area contributed by atoms with E-state index in [9.17, 15) is 14.4 Å². The summed E-state index contributed by atoms with van der Waals surface area (Å²) in [5.41, 5.74) is 2.76. The molecule has 32 heavy (non-hydrogen) atoms. The van der Waals surface area contributed by atoms with Crippen LogP contribution in [0.5, 0.6) is 0 Å². The van der Waals surface area contributed by atoms with Gasteiger partial charge < -0.3 is 15.4 Å². The van der Waals surface area contributed by atoms with Crippen molar-refractivity contribution in [3.05, 3.63) is 81.6 Å². The molecule has 9 heteroatoms. The molecule has 0 saturated heterocycles. The molecule has 166 valence electrons. The van der Waals surface area contributed by atoms with Crippen LogP contribution in [0.25, 0.3) is 0 Å². The van der Waals surface area contributed by atoms with Gasteiger partial charge in [0, 0.05) is 19.3 Å². The number of nitrogens with zero attached hydrogens (tertiary/aromatic N) is 2. The van der Waals surface area contributed by atoms with Crippen molar-refractivity contribution < 1.29 is 19.1 Å². The van der Waals surface area contributed by atoms with Crippen molar-refractivity contribution in [3.8, 4) is 0 Å². The van der Waals surface area contributed by atoms with E-state index in [2.05, 4.69) is 15.7 Å². The van der Waals surface area contributed by atoms with Crippen molar-refractivity contribution in [2.45, 2.75) is 19.9 Å². The van der Waals surface area contributed by atoms with Crippen molar-refractivity contribution >= 4 is 35.1 Å². The van der Waals surface area contributed by atoms with Crippen LogP contribution in [0.1, 0.15) is 49.4 Å². The zero-order valence-corrected chi connectivity index (χ0v) is 18.7. The maximum atomic E-state index is 12.6. The molecule has 3 rings (SSSR count). The minimum atomic E-state index is -0.564. The first kappa shape index (κ1) is 23.0. The van der Waals surface area contributed by atoms with Gasteiger partial charge in [-0.05, 0) is 48.4 Å². The molecule has 0 radical (unpaired) electrons. The normalized spacial score (nSPS) is 10.5. The summed E-state index contributed by atoms with van der Waals surface area (Å²) in [6.07, 6.45) is 0.719. The largest absolute Gasteiger partial charge is 0.465 e. The maximum absolute atomic E-state index is 12.6. The van der Waals surface area contributed by atoms with E-state index >= 15 is 0 Å². The van der Waals surface area contributed by atoms with Gasteiger partial charge in [-0.3, -0.25) is 14.3 Å². The summed E-state index contributed by atoms with van der Waals surface area (Å²) >= 11 is 6.10. The van der Waals surface area contributed by atoms with Gasteiger partial charge >= 0.3 is 5.97 Å². The van der Waals surface area contributed by atoms with E-state index in [0.29, 0.717) is 27.5 Å². The number of esters is 1. The van der Waals surface area contributed by atoms with E-state index in [1.54, 1.807) is 49.5 Å². The van der Waals surface area contributed by atoms with Crippen LogP contribution in [-0.2, 0) is 24.8 Å². The fourth-order valence-electron chi connectivity index (χ4n) is 3.13. The van der Waals surface area contributed by atoms with Crippen LogP contribution in [0.4, 0.5) is 5.69 Å². The zero-order chi connectivity index (χ0) is 23.3. The van der Waals surface area contributed by atoms with Crippen molar-refractivity contribution in [2.24, 2.45) is 7.05 Å². The number of carbonyl (C=O) groups excluding carboxylic acids is 3. The molecule has 0 unspecified atom stereocenters. The molecule has 2 N–H and O–H groups in total. The Labute approximate surface area is 190 Å². The third-order valence-corrected chi connectivity index (χ3v) is 5.10. The molecule has 0 saturated carbocycles. The van der Waals surface area contributed by atoms with E-state index in [-0.39, 0.29) is 18.0 Å². The standard InChI is InChI=1S/C23H23ClN4O4/c1-4-16-12-20(28(2)27-16)22(30)25-13-14-9-15(23(31)32-3)11-17(10-14)26-21(29)18-7-5-6-8-19(18)24/h5-12H,4,13H2,1-3H3,(H,25,30)(H,26,29). The van der Waals surface area contributed by atoms with Crippen LogP contribution in [0.15, 0.2) is 48.5 Å². The summed E-state index contributed by atoms with van der Waals surface area (Å²) in [7, 11) is 2.97. The first-order valence-corrected chi connectivity index (χ1v) is 10.3. The summed E-state index contributed by atoms with van der Waals surface area (Å²) in [4.78, 5) is 37.3. The molecule has 0 aliphatic rings. The average Bonchev–Trinajstić information content (AvgIpc) is 3.17. The van der Waals surface area contributed by atoms with Crippen LogP contribution in [0, 0.1) is 0 Å². The highest BCUT2D eigenvalue weighted by Crippen LogP contribution is 2.20. The second kappa shape index (κ2) is 10.1. The molecule has 0 aliphatic heterocycles. The monoisotopic (exact) mass is 454 g/mol. The van der Waals surface area contributed by atoms with Crippen LogP contribution in [0.2, 0.25) is 5.02 Å². The molecule has 1 heterocycles. The predicted molar refractivity (Wildman–Crippen MR) is 121 cm³/mol. The summed E-state index contributed by atoms with van der Waals surface area (Å²) in [5.74, 6) is -1.29. The predicted octanol–water partition coefficient (Wildman–Crippen LogP) is 3.60. The number of halogens is 1. The highest BCUT2D eigenvalue weighted by Gasteiger charge is 2.16. The highest BCUT2D eigenvalue weighted by molar-refractivity contribution is 6.34. The van der Waals surface area contributed by atoms with E-state index in [4.69, 9.17) is 16.3 Å². The Hall–Kier alpha value is -3.65. The van der Waals surface area contributed by atoms with E-state index < -0.39 is 11.9 Å². The quantitative estimate of drug-likeness (QED) is 0.531. The summed E-state index contributed by atoms with van der Waals surface area (Å²) < 4.78 is 6.33. The Morgan fingerprint density at radius 2 is 1.84 bits per heavy atom. The Kier molecular flexibility index (Phi) is 7.27. The summed E-state index contributed by atoms with van der Waals surface area (Å²) in [5, 5.41) is 10.1. The third kappa shape index (κ3) is 5.33. The highest BCUT2D eigenvalue weighted by atomic mass is 35.5. The van der Waals surface area contributed by atoms with E-state index in [1.165, 1.54) is 17.9 Å². The second-order valence-corrected chi connectivity index (χ2v) is 7.43. The first-order chi connectivity index (χ1) is 15.3. The molecule has 1 aromatic heterocycles. The van der Waals surface area contributed by atoms with Crippen LogP contribution < -0.4 is 10.6 Å². The molecular formula is C23H23ClN4O4. The second-order valence-electron chi connectivity index (χ2n) is 7.02. The number of hydrogen-bond acceptors (Lipinski definition) is 5. The molecular weight excluding hydrogens is 432 g/mol. The summed E-state index contributed by atoms with van der Waals surface area (Å²) in [6.45, 7) is 2.09. The van der Waals surface area contributed by atoms with Gasteiger partial charge in [-0.25, -0.2) is 4.79 Å². The Bertz CT molecular complexity index is 1170. The number of carbonyl (C=O) groups is 3. The topological polar surface area (TPSA) is 102 Å². The lowest BCUT2D eigenvalue weighted by molar-refractivity contribution is 0.0600. The van der Waals surface area contributed by atoms with E-state index in [0.717, 1.165) is 12.1 Å². The number of aryl methyl sites for hydroxylation is 2. The SMILES string of the molecule is CCc1cc(C(=O)NCc2cc(NC(=O)c3ccccc3Cl)cc(C(=O)OC)c2)n(C)n1. The average molecular weight is 455 g/mol. The fraction of sp³-hybridized carbons (Fsp3) is 0.217. The van der Waals surface area contributed by atoms with Crippen molar-refractivity contribution in [1.82, 2.24) is 15.1 Å². The van der Waals surface area contributed by atoms with Crippen LogP contribution in [0.3, 0.4) is 0 Å². The van der Waals surface area contributed by atoms with Crippen molar-refractivity contribution in [1.29, 1.82) is 0 Å². The number of hydrogen-bond donors (Lipinski definition) is 2. The molecule has 2 amide bonds. The molecule has 3 aromatic rings. The lowest BCUT2D eigenvalue weighted by Gasteiger charge is -2.12. The molecule has 0 bridgehead atoms. The molecule has 0 fully saturated rings. The molecule has 0 atom stereocenters. The Morgan fingerprint density at radius 1 is 1.09 bits per heavy atom. The van der Waals surface area contributed by atoms with Gasteiger partial charge in [0.15, 0.2) is 0 Å². The van der Waals surface area contributed by atoms with Crippen molar-refractivity contribution in [3.63, 3.8) is 0 Å². The Balaban J connectivity index is 1.81. The molecule has 0 spiro atoms. The minimum absolute atomic E-state index is 0.130. The van der Waals surface area contributed by atoms with Crippen molar-refractivity contribution in [2.75, 3.05) is 12.4 Å². The number of nitrogens with one attached hydrogen (secondary N) is 2. The number of aromatic nitrogens is 2. The molecule has 2 aromatic carbocycles. The number of ether oxygens (including phenoxy) is 1. The van der Waals surface area contributed by atoms with Gasteiger partial charge in [-0.1, -0.05) is 30.7 Å². The van der Waals surface area contributed by atoms with Gasteiger partial charge in [0.2, 0.25) is 0 Å². The smallest absolute Gasteiger partial charge is 0.337 e. The van der Waals surface area contributed by atoms with Gasteiger partial charge in [-0.15, -0.1) is 0 Å². The van der Waals surface area contributed by atoms with Crippen LogP contribution in [-0.4, -0.2) is 34.7 Å². The lowest BCUT2D eigenvalue weighted by Crippen LogP contribution is -2.25. The number of anilines is 1. The van der Waals surface area contributed by atoms with Gasteiger partial charge in [0.1, 0.15) is 5.69 Å². The van der Waals surface area contributed by atoms with Gasteiger partial charge in [0.25, 0.3) is 11.8 Å². The number of benzene rings is 2. The van der Waals surface area contributed by atoms with Crippen LogP contribution >= 0.6 is 11.6 Å². The number of rotatable bonds is 7. The number of amides is 2. The lowest BCUT2D eigenvalue weighted by atomic mass is 10.1. The van der Waals surface area contributed by atoms with Gasteiger partial charge in [-0.2, -0.15) is 5.10 Å². The molecule has 0 aliphatic carbocycles. The fourth-order valence-corrected chi connectivity index (χ4v) is 3.35. The maximum Gasteiger partial charge on any atom is 0.337 e. The Morgan fingerprint density at radius 3 is 2.50 bits per heavy atom. The molecule has 8 nitrogen and oxygen atoms in total. The zero-order valence-electron chi connectivity index (χ0n) is 17.9. The first-order valence-electron chi connectivity index (χ1n) is 9.91. The minimum Gasteiger partial charge on any atom is -0.465 e. The van der Waals surface area contributed by atoms with Gasteiger partial charge in [0.05, 0.1) is 29.0 Å².